The molecule has 8 rings (SSSR count). The van der Waals surface area contributed by atoms with Crippen LogP contribution in [-0.2, 0) is 35.5 Å². The zero-order valence-corrected chi connectivity index (χ0v) is 31.0. The van der Waals surface area contributed by atoms with Gasteiger partial charge in [0.05, 0.1) is 25.0 Å². The highest BCUT2D eigenvalue weighted by Gasteiger charge is 2.65. The lowest BCUT2D eigenvalue weighted by molar-refractivity contribution is 0.270. The van der Waals surface area contributed by atoms with Gasteiger partial charge >= 0.3 is 0 Å². The molecular weight excluding hydrogens is 664 g/mol. The van der Waals surface area contributed by atoms with Gasteiger partial charge in [-0.2, -0.15) is 10.5 Å². The minimum atomic E-state index is 0. The highest BCUT2D eigenvalue weighted by Crippen LogP contribution is 2.63. The molecule has 0 bridgehead atoms. The van der Waals surface area contributed by atoms with Crippen molar-refractivity contribution in [1.29, 1.82) is 10.5 Å². The first-order valence-electron chi connectivity index (χ1n) is 17.7. The molecule has 0 aromatic heterocycles. The molecule has 2 heterocycles. The number of benzene rings is 4. The van der Waals surface area contributed by atoms with Gasteiger partial charge in [0.15, 0.2) is 0 Å². The number of hydrogen-bond donors (Lipinski definition) is 1. The highest BCUT2D eigenvalue weighted by atomic mass is 79.9. The molecule has 0 amide bonds. The quantitative estimate of drug-likeness (QED) is 0.194. The molecule has 4 aromatic carbocycles. The Labute approximate surface area is 303 Å². The molecule has 49 heavy (non-hydrogen) atoms. The van der Waals surface area contributed by atoms with E-state index in [2.05, 4.69) is 139 Å². The van der Waals surface area contributed by atoms with Crippen LogP contribution in [0.25, 0.3) is 0 Å². The third-order valence-electron chi connectivity index (χ3n) is 11.9. The molecule has 4 nitrogen and oxygen atoms in total. The number of hydrogen-bond acceptors (Lipinski definition) is 4. The van der Waals surface area contributed by atoms with Gasteiger partial charge in [-0.05, 0) is 84.0 Å². The van der Waals surface area contributed by atoms with E-state index in [1.807, 2.05) is 24.3 Å². The topological polar surface area (TPSA) is 62.9 Å². The van der Waals surface area contributed by atoms with Crippen molar-refractivity contribution in [2.75, 3.05) is 26.2 Å². The number of alkyl halides is 1. The fourth-order valence-corrected chi connectivity index (χ4v) is 9.03. The summed E-state index contributed by atoms with van der Waals surface area (Å²) >= 11 is 3.36. The van der Waals surface area contributed by atoms with Crippen molar-refractivity contribution in [3.8, 4) is 12.1 Å². The van der Waals surface area contributed by atoms with E-state index >= 15 is 0 Å². The van der Waals surface area contributed by atoms with E-state index in [1.54, 1.807) is 5.56 Å². The number of piperidine rings is 2. The smallest absolute Gasteiger partial charge is 0.0669 e. The van der Waals surface area contributed by atoms with Gasteiger partial charge in [0.1, 0.15) is 0 Å². The standard InChI is InChI=1S/C22H24N2.C13H17N.C9H8BrN.H2/c1-16-4-3-5-19(12-16)22(2)20-14-24(15-21(20)22)13-18-8-6-17(7-9-18)10-11-23;1-9-4-3-5-10(6-9)13(2)11-7-14-8-12(11)13;10-7-9-3-1-8(2-4-9)5-6-11;/h3-9,12,20-21H,10,13-15H2,1-2H3;3-6,11-12,14H,7-8H2,1-2H3;1-4H,5,7H2;1H. The molecule has 4 aromatic rings. The molecular formula is C44H51BrN4. The van der Waals surface area contributed by atoms with Crippen LogP contribution >= 0.6 is 15.9 Å². The summed E-state index contributed by atoms with van der Waals surface area (Å²) in [6.45, 7) is 15.1. The van der Waals surface area contributed by atoms with Crippen LogP contribution in [-0.4, -0.2) is 31.1 Å². The molecule has 4 atom stereocenters. The Morgan fingerprint density at radius 1 is 0.673 bits per heavy atom. The normalized spacial score (nSPS) is 27.2. The van der Waals surface area contributed by atoms with E-state index < -0.39 is 0 Å². The van der Waals surface area contributed by atoms with Crippen LogP contribution in [0.4, 0.5) is 0 Å². The number of aryl methyl sites for hydroxylation is 2. The molecule has 5 heteroatoms. The van der Waals surface area contributed by atoms with Crippen molar-refractivity contribution in [2.45, 2.75) is 63.2 Å². The lowest BCUT2D eigenvalue weighted by Crippen LogP contribution is -2.28. The Morgan fingerprint density at radius 2 is 1.10 bits per heavy atom. The Morgan fingerprint density at radius 3 is 1.53 bits per heavy atom. The first-order chi connectivity index (χ1) is 23.7. The molecule has 4 fully saturated rings. The molecule has 254 valence electrons. The van der Waals surface area contributed by atoms with Crippen molar-refractivity contribution in [3.05, 3.63) is 142 Å². The maximum absolute atomic E-state index is 8.75. The van der Waals surface area contributed by atoms with E-state index in [4.69, 9.17) is 10.5 Å². The second-order valence-electron chi connectivity index (χ2n) is 15.0. The molecule has 0 spiro atoms. The van der Waals surface area contributed by atoms with Crippen LogP contribution < -0.4 is 5.32 Å². The minimum absolute atomic E-state index is 0. The van der Waals surface area contributed by atoms with E-state index in [9.17, 15) is 0 Å². The third kappa shape index (κ3) is 7.56. The summed E-state index contributed by atoms with van der Waals surface area (Å²) in [5, 5.41) is 21.5. The summed E-state index contributed by atoms with van der Waals surface area (Å²) in [7, 11) is 0. The second kappa shape index (κ2) is 15.0. The number of fused-ring (bicyclic) bond motifs is 2. The van der Waals surface area contributed by atoms with Crippen LogP contribution in [0.3, 0.4) is 0 Å². The molecule has 2 saturated carbocycles. The fourth-order valence-electron chi connectivity index (χ4n) is 8.66. The summed E-state index contributed by atoms with van der Waals surface area (Å²) in [5.41, 5.74) is 11.5. The Hall–Kier alpha value is -3.74. The zero-order valence-electron chi connectivity index (χ0n) is 29.4. The molecule has 0 radical (unpaired) electrons. The Kier molecular flexibility index (Phi) is 10.8. The van der Waals surface area contributed by atoms with Crippen LogP contribution in [0.1, 0.15) is 59.8 Å². The summed E-state index contributed by atoms with van der Waals surface area (Å²) in [4.78, 5) is 2.59. The van der Waals surface area contributed by atoms with Crippen molar-refractivity contribution in [1.82, 2.24) is 10.2 Å². The number of nitriles is 2. The average Bonchev–Trinajstić information content (AvgIpc) is 3.58. The van der Waals surface area contributed by atoms with Crippen LogP contribution in [0, 0.1) is 60.2 Å². The van der Waals surface area contributed by atoms with E-state index in [0.29, 0.717) is 23.7 Å². The van der Waals surface area contributed by atoms with Crippen molar-refractivity contribution in [2.24, 2.45) is 23.7 Å². The van der Waals surface area contributed by atoms with Gasteiger partial charge in [0.25, 0.3) is 0 Å². The number of halogens is 1. The third-order valence-corrected chi connectivity index (χ3v) is 12.6. The largest absolute Gasteiger partial charge is 0.316 e. The van der Waals surface area contributed by atoms with Crippen molar-refractivity contribution >= 4 is 15.9 Å². The summed E-state index contributed by atoms with van der Waals surface area (Å²) in [6, 6.07) is 39.0. The predicted octanol–water partition coefficient (Wildman–Crippen LogP) is 9.08. The molecule has 2 aliphatic heterocycles. The van der Waals surface area contributed by atoms with E-state index in [0.717, 1.165) is 46.7 Å². The number of nitrogens with zero attached hydrogens (tertiary/aromatic N) is 3. The maximum atomic E-state index is 8.75. The SMILES string of the molecule is Cc1cccc(C2(C)C3CN(Cc4ccc(CC#N)cc4)CC32)c1.Cc1cccc(C2(C)C3CNCC32)c1.N#CCc1ccc(CBr)cc1.[HH]. The van der Waals surface area contributed by atoms with Crippen LogP contribution in [0.5, 0.6) is 0 Å². The van der Waals surface area contributed by atoms with Gasteiger partial charge in [-0.3, -0.25) is 4.90 Å². The van der Waals surface area contributed by atoms with Crippen molar-refractivity contribution in [3.63, 3.8) is 0 Å². The van der Waals surface area contributed by atoms with Crippen molar-refractivity contribution < 1.29 is 1.43 Å². The van der Waals surface area contributed by atoms with Gasteiger partial charge in [-0.1, -0.05) is 138 Å². The number of likely N-dealkylation sites (tertiary alicyclic amines) is 1. The van der Waals surface area contributed by atoms with Gasteiger partial charge < -0.3 is 5.32 Å². The average molecular weight is 716 g/mol. The summed E-state index contributed by atoms with van der Waals surface area (Å²) in [5.74, 6) is 3.39. The van der Waals surface area contributed by atoms with Crippen LogP contribution in [0.15, 0.2) is 97.1 Å². The maximum Gasteiger partial charge on any atom is 0.0669 e. The molecule has 2 aliphatic carbocycles. The predicted molar refractivity (Wildman–Crippen MR) is 205 cm³/mol. The lowest BCUT2D eigenvalue weighted by Gasteiger charge is -2.24. The van der Waals surface area contributed by atoms with Crippen LogP contribution in [0.2, 0.25) is 0 Å². The van der Waals surface area contributed by atoms with Gasteiger partial charge in [0, 0.05) is 37.2 Å². The van der Waals surface area contributed by atoms with Gasteiger partial charge in [-0.25, -0.2) is 0 Å². The molecule has 4 aliphatic rings. The molecule has 1 N–H and O–H groups in total. The monoisotopic (exact) mass is 714 g/mol. The molecule has 2 saturated heterocycles. The first-order valence-corrected chi connectivity index (χ1v) is 18.9. The summed E-state index contributed by atoms with van der Waals surface area (Å²) in [6.07, 6.45) is 1.01. The van der Waals surface area contributed by atoms with E-state index in [-0.39, 0.29) is 1.43 Å². The zero-order chi connectivity index (χ0) is 34.6. The Bertz CT molecular complexity index is 1800. The molecule has 4 unspecified atom stereocenters. The first kappa shape index (κ1) is 35.1. The number of rotatable bonds is 7. The minimum Gasteiger partial charge on any atom is -0.316 e. The Balaban J connectivity index is 0.000000159. The lowest BCUT2D eigenvalue weighted by atomic mass is 9.91. The number of nitrogens with one attached hydrogen (secondary N) is 1. The van der Waals surface area contributed by atoms with E-state index in [1.165, 1.54) is 54.0 Å². The summed E-state index contributed by atoms with van der Waals surface area (Å²) < 4.78 is 0. The second-order valence-corrected chi connectivity index (χ2v) is 15.6. The highest BCUT2D eigenvalue weighted by molar-refractivity contribution is 9.08. The fraction of sp³-hybridized carbons (Fsp3) is 0.409. The van der Waals surface area contributed by atoms with Gasteiger partial charge in [0.2, 0.25) is 0 Å². The van der Waals surface area contributed by atoms with Gasteiger partial charge in [-0.15, -0.1) is 0 Å².